The van der Waals surface area contributed by atoms with Crippen LogP contribution in [0.1, 0.15) is 24.1 Å². The lowest BCUT2D eigenvalue weighted by molar-refractivity contribution is 0.817. The van der Waals surface area contributed by atoms with Gasteiger partial charge in [0.05, 0.1) is 16.9 Å². The van der Waals surface area contributed by atoms with Gasteiger partial charge in [0.25, 0.3) is 0 Å². The van der Waals surface area contributed by atoms with Gasteiger partial charge in [0, 0.05) is 17.6 Å². The summed E-state index contributed by atoms with van der Waals surface area (Å²) in [5.74, 6) is 0. The van der Waals surface area contributed by atoms with E-state index in [1.54, 1.807) is 0 Å². The third-order valence-corrected chi connectivity index (χ3v) is 3.88. The molecule has 2 N–H and O–H groups in total. The van der Waals surface area contributed by atoms with Crippen LogP contribution in [0.2, 0.25) is 0 Å². The van der Waals surface area contributed by atoms with Gasteiger partial charge in [0.2, 0.25) is 0 Å². The molecule has 0 spiro atoms. The molecule has 0 saturated carbocycles. The molecule has 1 atom stereocenters. The Balaban J connectivity index is 2.44. The molecule has 0 unspecified atom stereocenters. The standard InChI is InChI=1S/C16H16BrN3/c1-11(19)12-7-8-16(14(17)9-12)20(2)15-6-4-3-5-13(15)10-18/h3-9,11H,19H2,1-2H3/t11-/m1/s1. The Kier molecular flexibility index (Phi) is 4.43. The zero-order chi connectivity index (χ0) is 14.7. The van der Waals surface area contributed by atoms with Crippen molar-refractivity contribution in [2.45, 2.75) is 13.0 Å². The lowest BCUT2D eigenvalue weighted by atomic mass is 10.1. The van der Waals surface area contributed by atoms with E-state index in [9.17, 15) is 5.26 Å². The van der Waals surface area contributed by atoms with Crippen LogP contribution in [-0.4, -0.2) is 7.05 Å². The molecule has 0 aliphatic rings. The number of nitrogens with zero attached hydrogens (tertiary/aromatic N) is 2. The Bertz CT molecular complexity index is 659. The van der Waals surface area contributed by atoms with Crippen molar-refractivity contribution in [1.82, 2.24) is 0 Å². The van der Waals surface area contributed by atoms with Crippen molar-refractivity contribution in [1.29, 1.82) is 5.26 Å². The molecule has 0 saturated heterocycles. The Morgan fingerprint density at radius 1 is 1.20 bits per heavy atom. The molecule has 2 aromatic carbocycles. The Morgan fingerprint density at radius 3 is 2.50 bits per heavy atom. The van der Waals surface area contributed by atoms with Crippen molar-refractivity contribution in [3.05, 3.63) is 58.1 Å². The first-order valence-corrected chi connectivity index (χ1v) is 7.11. The van der Waals surface area contributed by atoms with Crippen LogP contribution >= 0.6 is 15.9 Å². The van der Waals surface area contributed by atoms with E-state index in [1.165, 1.54) is 0 Å². The van der Waals surface area contributed by atoms with E-state index in [-0.39, 0.29) is 6.04 Å². The number of rotatable bonds is 3. The summed E-state index contributed by atoms with van der Waals surface area (Å²) in [4.78, 5) is 1.99. The summed E-state index contributed by atoms with van der Waals surface area (Å²) in [7, 11) is 1.95. The first-order valence-electron chi connectivity index (χ1n) is 6.32. The molecule has 0 aromatic heterocycles. The molecule has 4 heteroatoms. The zero-order valence-corrected chi connectivity index (χ0v) is 13.1. The highest BCUT2D eigenvalue weighted by molar-refractivity contribution is 9.10. The van der Waals surface area contributed by atoms with Gasteiger partial charge >= 0.3 is 0 Å². The van der Waals surface area contributed by atoms with Gasteiger partial charge in [-0.1, -0.05) is 18.2 Å². The van der Waals surface area contributed by atoms with E-state index < -0.39 is 0 Å². The molecule has 0 fully saturated rings. The Labute approximate surface area is 127 Å². The second kappa shape index (κ2) is 6.08. The minimum Gasteiger partial charge on any atom is -0.343 e. The summed E-state index contributed by atoms with van der Waals surface area (Å²) >= 11 is 3.58. The van der Waals surface area contributed by atoms with Crippen molar-refractivity contribution in [2.75, 3.05) is 11.9 Å². The fourth-order valence-electron chi connectivity index (χ4n) is 2.07. The molecule has 0 amide bonds. The highest BCUT2D eigenvalue weighted by atomic mass is 79.9. The van der Waals surface area contributed by atoms with Crippen LogP contribution in [0.15, 0.2) is 46.9 Å². The van der Waals surface area contributed by atoms with Crippen molar-refractivity contribution in [2.24, 2.45) is 5.73 Å². The van der Waals surface area contributed by atoms with Gasteiger partial charge in [0.15, 0.2) is 0 Å². The second-order valence-electron chi connectivity index (χ2n) is 4.69. The summed E-state index contributed by atoms with van der Waals surface area (Å²) in [6.45, 7) is 1.95. The van der Waals surface area contributed by atoms with Crippen molar-refractivity contribution in [3.63, 3.8) is 0 Å². The molecule has 2 rings (SSSR count). The smallest absolute Gasteiger partial charge is 0.101 e. The van der Waals surface area contributed by atoms with E-state index in [0.29, 0.717) is 5.56 Å². The van der Waals surface area contributed by atoms with Crippen LogP contribution < -0.4 is 10.6 Å². The van der Waals surface area contributed by atoms with E-state index in [1.807, 2.05) is 61.3 Å². The van der Waals surface area contributed by atoms with Crippen molar-refractivity contribution in [3.8, 4) is 6.07 Å². The first-order chi connectivity index (χ1) is 9.54. The number of para-hydroxylation sites is 1. The lowest BCUT2D eigenvalue weighted by Gasteiger charge is -2.22. The topological polar surface area (TPSA) is 53.0 Å². The summed E-state index contributed by atoms with van der Waals surface area (Å²) in [6.07, 6.45) is 0. The monoisotopic (exact) mass is 329 g/mol. The maximum Gasteiger partial charge on any atom is 0.101 e. The van der Waals surface area contributed by atoms with Crippen LogP contribution in [0.3, 0.4) is 0 Å². The van der Waals surface area contributed by atoms with Crippen molar-refractivity contribution >= 4 is 27.3 Å². The average molecular weight is 330 g/mol. The van der Waals surface area contributed by atoms with Gasteiger partial charge in [-0.3, -0.25) is 0 Å². The van der Waals surface area contributed by atoms with E-state index in [0.717, 1.165) is 21.4 Å². The van der Waals surface area contributed by atoms with Gasteiger partial charge in [-0.15, -0.1) is 0 Å². The minimum absolute atomic E-state index is 0.00273. The molecule has 102 valence electrons. The molecule has 0 radical (unpaired) electrons. The summed E-state index contributed by atoms with van der Waals surface area (Å²) in [5.41, 5.74) is 9.49. The predicted molar refractivity (Wildman–Crippen MR) is 86.0 cm³/mol. The number of nitriles is 1. The third-order valence-electron chi connectivity index (χ3n) is 3.24. The Hall–Kier alpha value is -1.83. The highest BCUT2D eigenvalue weighted by Crippen LogP contribution is 2.33. The molecular weight excluding hydrogens is 314 g/mol. The summed E-state index contributed by atoms with van der Waals surface area (Å²) in [5, 5.41) is 9.20. The fraction of sp³-hybridized carbons (Fsp3) is 0.188. The molecule has 0 bridgehead atoms. The SMILES string of the molecule is C[C@@H](N)c1ccc(N(C)c2ccccc2C#N)c(Br)c1. The fourth-order valence-corrected chi connectivity index (χ4v) is 2.73. The van der Waals surface area contributed by atoms with Crippen LogP contribution in [0, 0.1) is 11.3 Å². The molecule has 2 aromatic rings. The quantitative estimate of drug-likeness (QED) is 0.921. The molecule has 0 aliphatic heterocycles. The van der Waals surface area contributed by atoms with Crippen LogP contribution in [0.4, 0.5) is 11.4 Å². The third kappa shape index (κ3) is 2.84. The lowest BCUT2D eigenvalue weighted by Crippen LogP contribution is -2.12. The van der Waals surface area contributed by atoms with Gasteiger partial charge in [-0.2, -0.15) is 5.26 Å². The van der Waals surface area contributed by atoms with E-state index >= 15 is 0 Å². The summed E-state index contributed by atoms with van der Waals surface area (Å²) in [6, 6.07) is 15.8. The maximum absolute atomic E-state index is 9.20. The second-order valence-corrected chi connectivity index (χ2v) is 5.54. The average Bonchev–Trinajstić information content (AvgIpc) is 2.46. The van der Waals surface area contributed by atoms with E-state index in [4.69, 9.17) is 5.73 Å². The van der Waals surface area contributed by atoms with Gasteiger partial charge in [0.1, 0.15) is 6.07 Å². The van der Waals surface area contributed by atoms with Crippen LogP contribution in [0.25, 0.3) is 0 Å². The van der Waals surface area contributed by atoms with Gasteiger partial charge < -0.3 is 10.6 Å². The van der Waals surface area contributed by atoms with Gasteiger partial charge in [-0.05, 0) is 52.7 Å². The molecule has 20 heavy (non-hydrogen) atoms. The number of hydrogen-bond donors (Lipinski definition) is 1. The van der Waals surface area contributed by atoms with Crippen LogP contribution in [0.5, 0.6) is 0 Å². The molecular formula is C16H16BrN3. The Morgan fingerprint density at radius 2 is 1.90 bits per heavy atom. The normalized spacial score (nSPS) is 11.8. The number of benzene rings is 2. The molecule has 0 aliphatic carbocycles. The molecule has 3 nitrogen and oxygen atoms in total. The molecule has 0 heterocycles. The number of halogens is 1. The first kappa shape index (κ1) is 14.6. The highest BCUT2D eigenvalue weighted by Gasteiger charge is 2.12. The zero-order valence-electron chi connectivity index (χ0n) is 11.5. The van der Waals surface area contributed by atoms with E-state index in [2.05, 4.69) is 22.0 Å². The number of nitrogens with two attached hydrogens (primary N) is 1. The predicted octanol–water partition coefficient (Wildman–Crippen LogP) is 4.11. The minimum atomic E-state index is -0.00273. The van der Waals surface area contributed by atoms with Crippen LogP contribution in [-0.2, 0) is 0 Å². The maximum atomic E-state index is 9.20. The number of anilines is 2. The number of hydrogen-bond acceptors (Lipinski definition) is 3. The largest absolute Gasteiger partial charge is 0.343 e. The van der Waals surface area contributed by atoms with Gasteiger partial charge in [-0.25, -0.2) is 0 Å². The van der Waals surface area contributed by atoms with Crippen molar-refractivity contribution < 1.29 is 0 Å². The summed E-state index contributed by atoms with van der Waals surface area (Å²) < 4.78 is 0.961.